The second-order valence-electron chi connectivity index (χ2n) is 6.05. The lowest BCUT2D eigenvalue weighted by Crippen LogP contribution is -2.55. The van der Waals surface area contributed by atoms with Gasteiger partial charge in [0.15, 0.2) is 0 Å². The van der Waals surface area contributed by atoms with E-state index in [-0.39, 0.29) is 11.9 Å². The number of aliphatic hydroxyl groups is 1. The van der Waals surface area contributed by atoms with E-state index in [1.165, 1.54) is 0 Å². The summed E-state index contributed by atoms with van der Waals surface area (Å²) in [5.74, 6) is 0.770. The van der Waals surface area contributed by atoms with Gasteiger partial charge in [0.2, 0.25) is 5.91 Å². The minimum absolute atomic E-state index is 0.112. The van der Waals surface area contributed by atoms with E-state index in [0.29, 0.717) is 18.7 Å². The Kier molecular flexibility index (Phi) is 3.17. The molecule has 2 aliphatic heterocycles. The molecule has 0 aliphatic carbocycles. The van der Waals surface area contributed by atoms with Crippen molar-refractivity contribution in [2.24, 2.45) is 0 Å². The number of aliphatic hydroxyl groups excluding tert-OH is 1. The molecule has 0 bridgehead atoms. The first kappa shape index (κ1) is 13.4. The van der Waals surface area contributed by atoms with Gasteiger partial charge in [-0.05, 0) is 32.8 Å². The molecule has 0 saturated carbocycles. The molecule has 3 heterocycles. The van der Waals surface area contributed by atoms with Gasteiger partial charge in [-0.1, -0.05) is 0 Å². The van der Waals surface area contributed by atoms with Crippen LogP contribution in [0.5, 0.6) is 5.75 Å². The minimum Gasteiger partial charge on any atom is -0.483 e. The van der Waals surface area contributed by atoms with E-state index in [9.17, 15) is 9.90 Å². The summed E-state index contributed by atoms with van der Waals surface area (Å²) in [6.07, 6.45) is 5.06. The fourth-order valence-corrected chi connectivity index (χ4v) is 3.07. The molecule has 1 fully saturated rings. The van der Waals surface area contributed by atoms with Crippen molar-refractivity contribution in [3.63, 3.8) is 0 Å². The van der Waals surface area contributed by atoms with Gasteiger partial charge >= 0.3 is 0 Å². The predicted molar refractivity (Wildman–Crippen MR) is 73.3 cm³/mol. The van der Waals surface area contributed by atoms with E-state index >= 15 is 0 Å². The van der Waals surface area contributed by atoms with Gasteiger partial charge in [-0.3, -0.25) is 9.78 Å². The number of hydrogen-bond acceptors (Lipinski definition) is 4. The Bertz CT molecular complexity index is 530. The topological polar surface area (TPSA) is 62.7 Å². The third kappa shape index (κ3) is 2.06. The minimum atomic E-state index is -0.751. The van der Waals surface area contributed by atoms with E-state index in [2.05, 4.69) is 4.98 Å². The van der Waals surface area contributed by atoms with Crippen LogP contribution in [0.15, 0.2) is 18.5 Å². The molecule has 1 saturated heterocycles. The second-order valence-corrected chi connectivity index (χ2v) is 6.05. The molecule has 0 radical (unpaired) electrons. The highest BCUT2D eigenvalue weighted by molar-refractivity contribution is 5.77. The number of fused-ring (bicyclic) bond motifs is 1. The van der Waals surface area contributed by atoms with E-state index in [1.807, 2.05) is 19.9 Å². The average molecular weight is 276 g/mol. The highest BCUT2D eigenvalue weighted by Gasteiger charge is 2.46. The molecule has 2 atom stereocenters. The number of hydrogen-bond donors (Lipinski definition) is 1. The first-order valence-corrected chi connectivity index (χ1v) is 7.11. The Morgan fingerprint density at radius 1 is 1.45 bits per heavy atom. The summed E-state index contributed by atoms with van der Waals surface area (Å²) in [5, 5.41) is 10.7. The normalized spacial score (nSPS) is 28.8. The Labute approximate surface area is 118 Å². The van der Waals surface area contributed by atoms with Gasteiger partial charge < -0.3 is 14.7 Å². The molecule has 1 N–H and O–H groups in total. The van der Waals surface area contributed by atoms with Gasteiger partial charge in [0.05, 0.1) is 12.2 Å². The summed E-state index contributed by atoms with van der Waals surface area (Å²) in [7, 11) is 0. The van der Waals surface area contributed by atoms with Crippen molar-refractivity contribution in [1.82, 2.24) is 9.88 Å². The zero-order valence-electron chi connectivity index (χ0n) is 11.9. The molecule has 0 aromatic carbocycles. The number of pyridine rings is 1. The van der Waals surface area contributed by atoms with Crippen LogP contribution in [0.2, 0.25) is 0 Å². The zero-order valence-corrected chi connectivity index (χ0v) is 11.9. The third-order valence-electron chi connectivity index (χ3n) is 4.22. The van der Waals surface area contributed by atoms with Crippen LogP contribution >= 0.6 is 0 Å². The molecule has 0 unspecified atom stereocenters. The fraction of sp³-hybridized carbons (Fsp3) is 0.600. The van der Waals surface area contributed by atoms with E-state index in [0.717, 1.165) is 18.4 Å². The second kappa shape index (κ2) is 4.74. The Hall–Kier alpha value is -1.62. The summed E-state index contributed by atoms with van der Waals surface area (Å²) < 4.78 is 5.84. The number of carbonyl (C=O) groups excluding carboxylic acids is 1. The Morgan fingerprint density at radius 3 is 3.00 bits per heavy atom. The molecule has 0 spiro atoms. The van der Waals surface area contributed by atoms with Crippen molar-refractivity contribution in [2.45, 2.75) is 50.9 Å². The van der Waals surface area contributed by atoms with Crippen LogP contribution in [0.1, 0.15) is 44.7 Å². The van der Waals surface area contributed by atoms with E-state index in [4.69, 9.17) is 4.74 Å². The van der Waals surface area contributed by atoms with Gasteiger partial charge in [-0.2, -0.15) is 0 Å². The maximum absolute atomic E-state index is 12.2. The van der Waals surface area contributed by atoms with E-state index < -0.39 is 11.7 Å². The van der Waals surface area contributed by atoms with E-state index in [1.54, 1.807) is 17.3 Å². The van der Waals surface area contributed by atoms with Gasteiger partial charge in [-0.25, -0.2) is 0 Å². The summed E-state index contributed by atoms with van der Waals surface area (Å²) >= 11 is 0. The molecule has 5 heteroatoms. The third-order valence-corrected chi connectivity index (χ3v) is 4.22. The highest BCUT2D eigenvalue weighted by Crippen LogP contribution is 2.43. The van der Waals surface area contributed by atoms with Crippen LogP contribution in [0.3, 0.4) is 0 Å². The van der Waals surface area contributed by atoms with Crippen LogP contribution in [-0.2, 0) is 4.79 Å². The Morgan fingerprint density at radius 2 is 2.25 bits per heavy atom. The number of carbonyl (C=O) groups is 1. The number of piperidine rings is 1. The SMILES string of the molecule is CC1(C)Oc2cnccc2[C@@H](N2CCCCC2=O)[C@@H]1O. The van der Waals surface area contributed by atoms with Crippen LogP contribution in [0.25, 0.3) is 0 Å². The van der Waals surface area contributed by atoms with Crippen molar-refractivity contribution in [1.29, 1.82) is 0 Å². The summed E-state index contributed by atoms with van der Waals surface area (Å²) in [5.41, 5.74) is 0.111. The molecule has 1 aromatic rings. The summed E-state index contributed by atoms with van der Waals surface area (Å²) in [4.78, 5) is 18.1. The maximum atomic E-state index is 12.2. The van der Waals surface area contributed by atoms with Crippen LogP contribution in [-0.4, -0.2) is 39.1 Å². The van der Waals surface area contributed by atoms with Crippen LogP contribution in [0.4, 0.5) is 0 Å². The molecule has 108 valence electrons. The standard InChI is InChI=1S/C15H20N2O3/c1-15(2)14(19)13(17-8-4-3-5-12(17)18)10-6-7-16-9-11(10)20-15/h6-7,9,13-14,19H,3-5,8H2,1-2H3/t13-,14+/m1/s1. The molecule has 1 amide bonds. The number of amides is 1. The molecular weight excluding hydrogens is 256 g/mol. The lowest BCUT2D eigenvalue weighted by atomic mass is 9.85. The maximum Gasteiger partial charge on any atom is 0.223 e. The monoisotopic (exact) mass is 276 g/mol. The number of aromatic nitrogens is 1. The van der Waals surface area contributed by atoms with Crippen LogP contribution in [0, 0.1) is 0 Å². The van der Waals surface area contributed by atoms with Crippen molar-refractivity contribution in [3.8, 4) is 5.75 Å². The quantitative estimate of drug-likeness (QED) is 0.847. The fourth-order valence-electron chi connectivity index (χ4n) is 3.07. The van der Waals surface area contributed by atoms with Gasteiger partial charge in [0.1, 0.15) is 17.5 Å². The number of rotatable bonds is 1. The van der Waals surface area contributed by atoms with Crippen LogP contribution < -0.4 is 4.74 Å². The lowest BCUT2D eigenvalue weighted by Gasteiger charge is -2.47. The van der Waals surface area contributed by atoms with Gasteiger partial charge in [-0.15, -0.1) is 0 Å². The molecule has 2 aliphatic rings. The van der Waals surface area contributed by atoms with Crippen molar-refractivity contribution >= 4 is 5.91 Å². The van der Waals surface area contributed by atoms with Crippen molar-refractivity contribution in [2.75, 3.05) is 6.54 Å². The number of likely N-dealkylation sites (tertiary alicyclic amines) is 1. The molecule has 20 heavy (non-hydrogen) atoms. The highest BCUT2D eigenvalue weighted by atomic mass is 16.5. The first-order chi connectivity index (χ1) is 9.50. The predicted octanol–water partition coefficient (Wildman–Crippen LogP) is 1.67. The summed E-state index contributed by atoms with van der Waals surface area (Å²) in [6.45, 7) is 4.38. The van der Waals surface area contributed by atoms with Crippen molar-refractivity contribution in [3.05, 3.63) is 24.0 Å². The number of ether oxygens (including phenoxy) is 1. The molecular formula is C15H20N2O3. The largest absolute Gasteiger partial charge is 0.483 e. The van der Waals surface area contributed by atoms with Gasteiger partial charge in [0, 0.05) is 24.7 Å². The van der Waals surface area contributed by atoms with Gasteiger partial charge in [0.25, 0.3) is 0 Å². The summed E-state index contributed by atoms with van der Waals surface area (Å²) in [6, 6.07) is 1.49. The lowest BCUT2D eigenvalue weighted by molar-refractivity contribution is -0.147. The number of nitrogens with zero attached hydrogens (tertiary/aromatic N) is 2. The molecule has 5 nitrogen and oxygen atoms in total. The average Bonchev–Trinajstić information content (AvgIpc) is 2.41. The zero-order chi connectivity index (χ0) is 14.3. The first-order valence-electron chi connectivity index (χ1n) is 7.11. The molecule has 3 rings (SSSR count). The Balaban J connectivity index is 2.05. The molecule has 1 aromatic heterocycles. The van der Waals surface area contributed by atoms with Crippen molar-refractivity contribution < 1.29 is 14.6 Å². The smallest absolute Gasteiger partial charge is 0.223 e.